The summed E-state index contributed by atoms with van der Waals surface area (Å²) in [5.41, 5.74) is -0.994. The molecule has 1 aromatic rings. The van der Waals surface area contributed by atoms with Gasteiger partial charge in [0, 0.05) is 43.2 Å². The summed E-state index contributed by atoms with van der Waals surface area (Å²) in [5, 5.41) is 0. The minimum Gasteiger partial charge on any atom is -0.357 e. The van der Waals surface area contributed by atoms with E-state index in [1.807, 2.05) is 6.92 Å². The summed E-state index contributed by atoms with van der Waals surface area (Å²) in [6.07, 6.45) is -3.22. The van der Waals surface area contributed by atoms with Crippen molar-refractivity contribution in [2.75, 3.05) is 6.61 Å². The zero-order valence-corrected chi connectivity index (χ0v) is 12.9. The van der Waals surface area contributed by atoms with Crippen LogP contribution in [0.15, 0.2) is 12.3 Å². The third-order valence-corrected chi connectivity index (χ3v) is 5.42. The molecule has 128 valence electrons. The molecule has 3 aliphatic heterocycles. The van der Waals surface area contributed by atoms with Gasteiger partial charge in [0.1, 0.15) is 6.61 Å². The number of carbonyl (C=O) groups is 2. The average Bonchev–Trinajstić information content (AvgIpc) is 3.01. The lowest BCUT2D eigenvalue weighted by molar-refractivity contribution is -0.147. The molecule has 0 aromatic carbocycles. The Hall–Kier alpha value is -1.96. The van der Waals surface area contributed by atoms with Gasteiger partial charge in [-0.15, -0.1) is 0 Å². The standard InChI is InChI=1S/C16H15F3N2O3/c1-8-13-3-12-9(2-10(5-20-12)16(17,18)19)6-21(13)14(23)15(8)4-11(22)7-24-15/h2,5,8,13H,3-4,6-7H2,1H3. The number of pyridine rings is 1. The number of hydrogen-bond donors (Lipinski definition) is 0. The van der Waals surface area contributed by atoms with E-state index in [1.165, 1.54) is 0 Å². The van der Waals surface area contributed by atoms with Gasteiger partial charge in [-0.05, 0) is 11.6 Å². The van der Waals surface area contributed by atoms with E-state index in [4.69, 9.17) is 4.74 Å². The van der Waals surface area contributed by atoms with Gasteiger partial charge in [0.05, 0.1) is 5.56 Å². The molecule has 1 amide bonds. The molecule has 0 saturated carbocycles. The van der Waals surface area contributed by atoms with Crippen LogP contribution in [-0.4, -0.2) is 39.8 Å². The van der Waals surface area contributed by atoms with Crippen LogP contribution in [0.4, 0.5) is 13.2 Å². The first-order chi connectivity index (χ1) is 11.2. The van der Waals surface area contributed by atoms with Gasteiger partial charge in [0.25, 0.3) is 5.91 Å². The largest absolute Gasteiger partial charge is 0.417 e. The molecule has 3 aliphatic rings. The lowest BCUT2D eigenvalue weighted by Crippen LogP contribution is -2.42. The van der Waals surface area contributed by atoms with Gasteiger partial charge < -0.3 is 9.64 Å². The highest BCUT2D eigenvalue weighted by Crippen LogP contribution is 2.46. The molecule has 24 heavy (non-hydrogen) atoms. The molecule has 0 N–H and O–H groups in total. The highest BCUT2D eigenvalue weighted by Gasteiger charge is 2.62. The van der Waals surface area contributed by atoms with Crippen molar-refractivity contribution < 1.29 is 27.5 Å². The Balaban J connectivity index is 1.70. The normalized spacial score (nSPS) is 32.4. The summed E-state index contributed by atoms with van der Waals surface area (Å²) in [6.45, 7) is 1.84. The van der Waals surface area contributed by atoms with E-state index in [-0.39, 0.29) is 43.2 Å². The maximum Gasteiger partial charge on any atom is 0.417 e. The van der Waals surface area contributed by atoms with E-state index in [2.05, 4.69) is 4.98 Å². The number of aromatic nitrogens is 1. The molecule has 2 fully saturated rings. The Morgan fingerprint density at radius 1 is 1.38 bits per heavy atom. The fraction of sp³-hybridized carbons (Fsp3) is 0.562. The molecule has 1 spiro atoms. The highest BCUT2D eigenvalue weighted by molar-refractivity contribution is 5.97. The van der Waals surface area contributed by atoms with Crippen molar-refractivity contribution in [1.82, 2.24) is 9.88 Å². The molecule has 4 rings (SSSR count). The van der Waals surface area contributed by atoms with Crippen LogP contribution >= 0.6 is 0 Å². The number of hydrogen-bond acceptors (Lipinski definition) is 4. The second-order valence-corrected chi connectivity index (χ2v) is 6.71. The number of halogens is 3. The number of fused-ring (bicyclic) bond motifs is 2. The topological polar surface area (TPSA) is 59.5 Å². The molecule has 0 aliphatic carbocycles. The summed E-state index contributed by atoms with van der Waals surface area (Å²) in [4.78, 5) is 30.0. The monoisotopic (exact) mass is 340 g/mol. The SMILES string of the molecule is CC1C2Cc3ncc(C(F)(F)F)cc3CN2C(=O)C12CC(=O)CO2. The van der Waals surface area contributed by atoms with Gasteiger partial charge in [-0.1, -0.05) is 6.92 Å². The number of alkyl halides is 3. The number of Topliss-reactive ketones (excluding diaryl/α,β-unsaturated/α-hetero) is 1. The zero-order valence-electron chi connectivity index (χ0n) is 12.9. The summed E-state index contributed by atoms with van der Waals surface area (Å²) in [7, 11) is 0. The smallest absolute Gasteiger partial charge is 0.357 e. The van der Waals surface area contributed by atoms with Crippen molar-refractivity contribution in [1.29, 1.82) is 0 Å². The first-order valence-corrected chi connectivity index (χ1v) is 7.74. The van der Waals surface area contributed by atoms with Gasteiger partial charge in [0.2, 0.25) is 0 Å². The number of rotatable bonds is 0. The fourth-order valence-electron chi connectivity index (χ4n) is 4.08. The molecule has 0 bridgehead atoms. The molecule has 8 heteroatoms. The van der Waals surface area contributed by atoms with Crippen molar-refractivity contribution >= 4 is 11.7 Å². The van der Waals surface area contributed by atoms with Crippen LogP contribution in [0.3, 0.4) is 0 Å². The Morgan fingerprint density at radius 2 is 2.12 bits per heavy atom. The second-order valence-electron chi connectivity index (χ2n) is 6.71. The zero-order chi connectivity index (χ0) is 17.3. The Morgan fingerprint density at radius 3 is 2.75 bits per heavy atom. The van der Waals surface area contributed by atoms with Gasteiger partial charge in [-0.2, -0.15) is 13.2 Å². The molecule has 3 atom stereocenters. The number of ether oxygens (including phenoxy) is 1. The minimum atomic E-state index is -4.47. The van der Waals surface area contributed by atoms with E-state index in [1.54, 1.807) is 4.90 Å². The summed E-state index contributed by atoms with van der Waals surface area (Å²) in [6, 6.07) is 0.849. The van der Waals surface area contributed by atoms with E-state index < -0.39 is 17.3 Å². The molecule has 4 heterocycles. The van der Waals surface area contributed by atoms with Crippen LogP contribution in [0.25, 0.3) is 0 Å². The highest BCUT2D eigenvalue weighted by atomic mass is 19.4. The maximum atomic E-state index is 12.9. The lowest BCUT2D eigenvalue weighted by atomic mass is 9.83. The Bertz CT molecular complexity index is 749. The van der Waals surface area contributed by atoms with Gasteiger partial charge >= 0.3 is 6.18 Å². The maximum absolute atomic E-state index is 12.9. The molecular formula is C16H15F3N2O3. The average molecular weight is 340 g/mol. The van der Waals surface area contributed by atoms with Crippen LogP contribution < -0.4 is 0 Å². The minimum absolute atomic E-state index is 0.0393. The van der Waals surface area contributed by atoms with Crippen LogP contribution in [0, 0.1) is 5.92 Å². The third kappa shape index (κ3) is 2.02. The van der Waals surface area contributed by atoms with Crippen LogP contribution in [0.5, 0.6) is 0 Å². The van der Waals surface area contributed by atoms with Crippen molar-refractivity contribution in [2.24, 2.45) is 5.92 Å². The third-order valence-electron chi connectivity index (χ3n) is 5.42. The Kier molecular flexibility index (Phi) is 3.10. The number of carbonyl (C=O) groups excluding carboxylic acids is 2. The predicted molar refractivity (Wildman–Crippen MR) is 74.8 cm³/mol. The van der Waals surface area contributed by atoms with E-state index in [9.17, 15) is 22.8 Å². The molecule has 2 saturated heterocycles. The van der Waals surface area contributed by atoms with Crippen molar-refractivity contribution in [3.05, 3.63) is 29.1 Å². The van der Waals surface area contributed by atoms with Gasteiger partial charge in [0.15, 0.2) is 11.4 Å². The van der Waals surface area contributed by atoms with Gasteiger partial charge in [-0.3, -0.25) is 14.6 Å². The van der Waals surface area contributed by atoms with Gasteiger partial charge in [-0.25, -0.2) is 0 Å². The van der Waals surface area contributed by atoms with E-state index in [0.717, 1.165) is 12.3 Å². The van der Waals surface area contributed by atoms with Crippen LogP contribution in [0.1, 0.15) is 30.2 Å². The molecular weight excluding hydrogens is 325 g/mol. The quantitative estimate of drug-likeness (QED) is 0.722. The lowest BCUT2D eigenvalue weighted by Gasteiger charge is -2.32. The molecule has 5 nitrogen and oxygen atoms in total. The van der Waals surface area contributed by atoms with Crippen molar-refractivity contribution in [3.8, 4) is 0 Å². The van der Waals surface area contributed by atoms with E-state index >= 15 is 0 Å². The number of amides is 1. The molecule has 3 unspecified atom stereocenters. The Labute approximate surface area is 135 Å². The summed E-state index contributed by atoms with van der Waals surface area (Å²) >= 11 is 0. The van der Waals surface area contributed by atoms with Crippen LogP contribution in [0.2, 0.25) is 0 Å². The number of nitrogens with zero attached hydrogens (tertiary/aromatic N) is 2. The molecule has 0 radical (unpaired) electrons. The first kappa shape index (κ1) is 15.6. The van der Waals surface area contributed by atoms with E-state index in [0.29, 0.717) is 17.7 Å². The second kappa shape index (κ2) is 4.78. The fourth-order valence-corrected chi connectivity index (χ4v) is 4.08. The number of ketones is 1. The van der Waals surface area contributed by atoms with Crippen LogP contribution in [-0.2, 0) is 33.5 Å². The predicted octanol–water partition coefficient (Wildman–Crippen LogP) is 1.73. The first-order valence-electron chi connectivity index (χ1n) is 7.74. The summed E-state index contributed by atoms with van der Waals surface area (Å²) in [5.74, 6) is -0.632. The van der Waals surface area contributed by atoms with Crippen molar-refractivity contribution in [3.63, 3.8) is 0 Å². The summed E-state index contributed by atoms with van der Waals surface area (Å²) < 4.78 is 44.2. The molecule has 1 aromatic heterocycles. The van der Waals surface area contributed by atoms with Crippen molar-refractivity contribution in [2.45, 2.75) is 44.1 Å².